The average molecular weight is 196 g/mol. The highest BCUT2D eigenvalue weighted by Gasteiger charge is 2.20. The molecule has 0 spiro atoms. The van der Waals surface area contributed by atoms with Crippen molar-refractivity contribution >= 4 is 15.6 Å². The Hall–Kier alpha value is -1.23. The molecule has 5 heteroatoms. The van der Waals surface area contributed by atoms with Crippen LogP contribution in [0.15, 0.2) is 22.8 Å². The minimum Gasteiger partial charge on any atom is -0.266 e. The van der Waals surface area contributed by atoms with Crippen LogP contribution in [0.3, 0.4) is 0 Å². The molecule has 13 heavy (non-hydrogen) atoms. The first-order valence-corrected chi connectivity index (χ1v) is 5.85. The Labute approximate surface area is 76.2 Å². The lowest BCUT2D eigenvalue weighted by molar-refractivity contribution is 0.100. The number of aromatic nitrogens is 1. The highest BCUT2D eigenvalue weighted by molar-refractivity contribution is 7.92. The van der Waals surface area contributed by atoms with E-state index < -0.39 is 15.6 Å². The lowest BCUT2D eigenvalue weighted by Crippen LogP contribution is -2.15. The van der Waals surface area contributed by atoms with Crippen LogP contribution in [0.2, 0.25) is 0 Å². The zero-order valence-corrected chi connectivity index (χ0v) is 7.87. The minimum atomic E-state index is -2.35. The Kier molecular flexibility index (Phi) is 1.69. The third-order valence-corrected chi connectivity index (χ3v) is 3.24. The molecule has 1 aromatic heterocycles. The number of hydrogen-bond donors (Lipinski definition) is 0. The van der Waals surface area contributed by atoms with Crippen LogP contribution in [0, 0.1) is 0 Å². The zero-order chi connectivity index (χ0) is 9.47. The van der Waals surface area contributed by atoms with Crippen LogP contribution in [0.4, 0.5) is 0 Å². The second kappa shape index (κ2) is 2.63. The van der Waals surface area contributed by atoms with Crippen molar-refractivity contribution in [1.29, 1.82) is 0 Å². The van der Waals surface area contributed by atoms with Gasteiger partial charge in [-0.05, 0) is 11.6 Å². The van der Waals surface area contributed by atoms with E-state index in [0.29, 0.717) is 11.3 Å². The monoisotopic (exact) mass is 196 g/mol. The quantitative estimate of drug-likeness (QED) is 0.617. The molecule has 0 radical (unpaired) electrons. The molecule has 1 aromatic rings. The van der Waals surface area contributed by atoms with E-state index in [9.17, 15) is 9.00 Å². The van der Waals surface area contributed by atoms with Gasteiger partial charge >= 0.3 is 0 Å². The second-order valence-corrected chi connectivity index (χ2v) is 5.42. The van der Waals surface area contributed by atoms with E-state index in [2.05, 4.69) is 9.35 Å². The summed E-state index contributed by atoms with van der Waals surface area (Å²) in [7, 11) is -2.35. The van der Waals surface area contributed by atoms with Gasteiger partial charge in [0.15, 0.2) is 0 Å². The van der Waals surface area contributed by atoms with Gasteiger partial charge in [-0.25, -0.2) is 4.21 Å². The lowest BCUT2D eigenvalue weighted by atomic mass is 10.1. The van der Waals surface area contributed by atoms with Crippen molar-refractivity contribution < 1.29 is 9.00 Å². The van der Waals surface area contributed by atoms with Gasteiger partial charge in [0.2, 0.25) is 0 Å². The topological polar surface area (TPSA) is 59.4 Å². The van der Waals surface area contributed by atoms with E-state index in [-0.39, 0.29) is 0 Å². The fourth-order valence-corrected chi connectivity index (χ4v) is 2.63. The minimum absolute atomic E-state index is 0.344. The second-order valence-electron chi connectivity index (χ2n) is 3.03. The van der Waals surface area contributed by atoms with Crippen molar-refractivity contribution in [2.75, 3.05) is 6.26 Å². The fraction of sp³-hybridized carbons (Fsp3) is 0.250. The van der Waals surface area contributed by atoms with Crippen molar-refractivity contribution in [3.63, 3.8) is 0 Å². The molecule has 0 aliphatic carbocycles. The van der Waals surface area contributed by atoms with Crippen molar-refractivity contribution in [2.45, 2.75) is 5.75 Å². The summed E-state index contributed by atoms with van der Waals surface area (Å²) in [5.41, 5.74) is 1.26. The van der Waals surface area contributed by atoms with Crippen LogP contribution >= 0.6 is 0 Å². The van der Waals surface area contributed by atoms with E-state index in [0.717, 1.165) is 5.56 Å². The summed E-state index contributed by atoms with van der Waals surface area (Å²) >= 11 is 0. The summed E-state index contributed by atoms with van der Waals surface area (Å²) in [6, 6.07) is 1.71. The molecule has 1 aliphatic heterocycles. The molecule has 0 bridgehead atoms. The Morgan fingerprint density at radius 3 is 3.08 bits per heavy atom. The van der Waals surface area contributed by atoms with E-state index in [1.165, 1.54) is 12.5 Å². The summed E-state index contributed by atoms with van der Waals surface area (Å²) in [5, 5.41) is 0. The van der Waals surface area contributed by atoms with Gasteiger partial charge in [-0.1, -0.05) is 0 Å². The smallest absolute Gasteiger partial charge is 0.266 e. The third-order valence-electron chi connectivity index (χ3n) is 1.84. The normalized spacial score (nSPS) is 26.4. The predicted molar refractivity (Wildman–Crippen MR) is 48.8 cm³/mol. The van der Waals surface area contributed by atoms with Crippen LogP contribution in [-0.4, -0.2) is 21.4 Å². The van der Waals surface area contributed by atoms with Gasteiger partial charge in [-0.2, -0.15) is 4.36 Å². The molecule has 2 rings (SSSR count). The molecule has 0 saturated carbocycles. The number of rotatable bonds is 0. The van der Waals surface area contributed by atoms with Gasteiger partial charge in [0.1, 0.15) is 0 Å². The van der Waals surface area contributed by atoms with Crippen LogP contribution in [0.5, 0.6) is 0 Å². The predicted octanol–water partition coefficient (Wildman–Crippen LogP) is 0.833. The maximum atomic E-state index is 11.6. The largest absolute Gasteiger partial charge is 0.286 e. The maximum absolute atomic E-state index is 11.6. The Morgan fingerprint density at radius 2 is 2.31 bits per heavy atom. The van der Waals surface area contributed by atoms with Crippen LogP contribution in [0.25, 0.3) is 0 Å². The molecular formula is C8H8N2O2S. The molecule has 1 unspecified atom stereocenters. The lowest BCUT2D eigenvalue weighted by Gasteiger charge is -2.12. The van der Waals surface area contributed by atoms with Crippen molar-refractivity contribution in [3.05, 3.63) is 29.6 Å². The first-order valence-electron chi connectivity index (χ1n) is 3.75. The average Bonchev–Trinajstić information content (AvgIpc) is 2.02. The Bertz CT molecular complexity index is 487. The highest BCUT2D eigenvalue weighted by Crippen LogP contribution is 2.18. The van der Waals surface area contributed by atoms with Crippen molar-refractivity contribution in [1.82, 2.24) is 4.98 Å². The van der Waals surface area contributed by atoms with Gasteiger partial charge in [0.25, 0.3) is 5.91 Å². The van der Waals surface area contributed by atoms with Crippen LogP contribution in [0.1, 0.15) is 15.9 Å². The number of nitrogens with zero attached hydrogens (tertiary/aromatic N) is 2. The molecule has 1 atom stereocenters. The molecule has 0 aromatic carbocycles. The molecule has 4 nitrogen and oxygen atoms in total. The summed E-state index contributed by atoms with van der Waals surface area (Å²) in [4.78, 5) is 15.1. The van der Waals surface area contributed by atoms with Crippen molar-refractivity contribution in [3.8, 4) is 0 Å². The Morgan fingerprint density at radius 1 is 1.54 bits per heavy atom. The molecule has 68 valence electrons. The van der Waals surface area contributed by atoms with Crippen LogP contribution in [-0.2, 0) is 15.5 Å². The van der Waals surface area contributed by atoms with Gasteiger partial charge < -0.3 is 0 Å². The van der Waals surface area contributed by atoms with Gasteiger partial charge in [-0.15, -0.1) is 0 Å². The molecule has 0 saturated heterocycles. The highest BCUT2D eigenvalue weighted by atomic mass is 32.2. The van der Waals surface area contributed by atoms with Crippen LogP contribution < -0.4 is 0 Å². The number of carbonyl (C=O) groups is 1. The van der Waals surface area contributed by atoms with E-state index in [1.807, 2.05) is 0 Å². The van der Waals surface area contributed by atoms with Gasteiger partial charge in [0, 0.05) is 18.6 Å². The number of pyridine rings is 1. The SMILES string of the molecule is CS1(=O)=NC(=O)c2cnccc2C1. The molecular weight excluding hydrogens is 188 g/mol. The number of carbonyl (C=O) groups excluding carboxylic acids is 1. The zero-order valence-electron chi connectivity index (χ0n) is 7.06. The third kappa shape index (κ3) is 1.47. The van der Waals surface area contributed by atoms with Gasteiger partial charge in [0.05, 0.1) is 21.0 Å². The first kappa shape index (κ1) is 8.37. The summed E-state index contributed by atoms with van der Waals surface area (Å²) in [6.45, 7) is 0. The van der Waals surface area contributed by atoms with E-state index in [4.69, 9.17) is 0 Å². The number of hydrogen-bond acceptors (Lipinski definition) is 3. The molecule has 1 aliphatic rings. The summed E-state index contributed by atoms with van der Waals surface area (Å²) < 4.78 is 15.2. The Balaban J connectivity index is 2.66. The van der Waals surface area contributed by atoms with Gasteiger partial charge in [-0.3, -0.25) is 9.78 Å². The molecule has 2 heterocycles. The molecule has 1 amide bonds. The van der Waals surface area contributed by atoms with E-state index in [1.54, 1.807) is 12.3 Å². The van der Waals surface area contributed by atoms with E-state index >= 15 is 0 Å². The number of fused-ring (bicyclic) bond motifs is 1. The van der Waals surface area contributed by atoms with Crippen molar-refractivity contribution in [2.24, 2.45) is 4.36 Å². The standard InChI is InChI=1S/C8H8N2O2S/c1-13(12)5-6-2-3-9-4-7(6)8(11)10-13/h2-4H,5H2,1H3. The maximum Gasteiger partial charge on any atom is 0.286 e. The fourth-order valence-electron chi connectivity index (χ4n) is 1.29. The molecule has 0 N–H and O–H groups in total. The first-order chi connectivity index (χ1) is 6.08. The molecule has 0 fully saturated rings. The number of amides is 1. The summed E-state index contributed by atoms with van der Waals surface area (Å²) in [6.07, 6.45) is 4.55. The summed E-state index contributed by atoms with van der Waals surface area (Å²) in [5.74, 6) is -0.0711.